The van der Waals surface area contributed by atoms with E-state index in [0.717, 1.165) is 18.5 Å². The van der Waals surface area contributed by atoms with Crippen LogP contribution in [0.2, 0.25) is 0 Å². The van der Waals surface area contributed by atoms with E-state index in [9.17, 15) is 9.59 Å². The second-order valence-corrected chi connectivity index (χ2v) is 6.81. The second kappa shape index (κ2) is 8.85. The predicted molar refractivity (Wildman–Crippen MR) is 98.9 cm³/mol. The van der Waals surface area contributed by atoms with E-state index in [1.54, 1.807) is 7.11 Å². The Bertz CT molecular complexity index is 603. The van der Waals surface area contributed by atoms with Crippen molar-refractivity contribution in [3.05, 3.63) is 29.8 Å². The maximum atomic E-state index is 13.0. The molecule has 2 atom stereocenters. The third-order valence-electron chi connectivity index (χ3n) is 4.73. The quantitative estimate of drug-likeness (QED) is 0.797. The molecule has 2 rings (SSSR count). The van der Waals surface area contributed by atoms with Crippen LogP contribution < -0.4 is 10.2 Å². The zero-order valence-corrected chi connectivity index (χ0v) is 15.6. The molecule has 1 aromatic rings. The highest BCUT2D eigenvalue weighted by Crippen LogP contribution is 2.25. The minimum atomic E-state index is -0.158. The number of nitrogens with zero attached hydrogens (tertiary/aromatic N) is 2. The molecule has 1 aromatic carbocycles. The number of methoxy groups -OCH3 is 1. The molecule has 0 aliphatic carbocycles. The maximum absolute atomic E-state index is 13.0. The summed E-state index contributed by atoms with van der Waals surface area (Å²) in [5.74, 6) is -0.163. The van der Waals surface area contributed by atoms with Gasteiger partial charge in [0.05, 0.1) is 12.5 Å². The van der Waals surface area contributed by atoms with Crippen molar-refractivity contribution in [1.29, 1.82) is 0 Å². The molecular formula is C19H29N3O3. The van der Waals surface area contributed by atoms with Gasteiger partial charge >= 0.3 is 0 Å². The number of rotatable bonds is 6. The largest absolute Gasteiger partial charge is 0.383 e. The molecule has 6 heteroatoms. The number of anilines is 1. The van der Waals surface area contributed by atoms with E-state index >= 15 is 0 Å². The molecule has 2 unspecified atom stereocenters. The Kier molecular flexibility index (Phi) is 6.82. The summed E-state index contributed by atoms with van der Waals surface area (Å²) >= 11 is 0. The highest BCUT2D eigenvalue weighted by molar-refractivity contribution is 5.96. The molecular weight excluding hydrogens is 318 g/mol. The maximum Gasteiger partial charge on any atom is 0.254 e. The van der Waals surface area contributed by atoms with Crippen molar-refractivity contribution in [2.75, 3.05) is 45.8 Å². The molecule has 1 saturated heterocycles. The van der Waals surface area contributed by atoms with Gasteiger partial charge in [-0.2, -0.15) is 0 Å². The lowest BCUT2D eigenvalue weighted by molar-refractivity contribution is -0.126. The minimum Gasteiger partial charge on any atom is -0.383 e. The van der Waals surface area contributed by atoms with Gasteiger partial charge in [0.15, 0.2) is 0 Å². The van der Waals surface area contributed by atoms with Crippen molar-refractivity contribution in [1.82, 2.24) is 10.2 Å². The molecule has 1 aliphatic heterocycles. The Balaban J connectivity index is 2.07. The number of piperidine rings is 1. The molecule has 138 valence electrons. The molecule has 25 heavy (non-hydrogen) atoms. The Morgan fingerprint density at radius 3 is 2.76 bits per heavy atom. The van der Waals surface area contributed by atoms with E-state index in [-0.39, 0.29) is 23.8 Å². The fourth-order valence-corrected chi connectivity index (χ4v) is 3.11. The van der Waals surface area contributed by atoms with Crippen molar-refractivity contribution in [2.45, 2.75) is 25.8 Å². The van der Waals surface area contributed by atoms with Crippen LogP contribution in [0, 0.1) is 5.92 Å². The van der Waals surface area contributed by atoms with Crippen LogP contribution in [0.15, 0.2) is 24.3 Å². The zero-order chi connectivity index (χ0) is 18.4. The average molecular weight is 347 g/mol. The number of carbonyl (C=O) groups excluding carboxylic acids is 2. The zero-order valence-electron chi connectivity index (χ0n) is 15.6. The Morgan fingerprint density at radius 2 is 2.08 bits per heavy atom. The van der Waals surface area contributed by atoms with Gasteiger partial charge in [-0.3, -0.25) is 9.59 Å². The van der Waals surface area contributed by atoms with E-state index in [2.05, 4.69) is 5.32 Å². The molecule has 0 radical (unpaired) electrons. The van der Waals surface area contributed by atoms with Gasteiger partial charge in [-0.15, -0.1) is 0 Å². The lowest BCUT2D eigenvalue weighted by atomic mass is 9.92. The molecule has 0 aromatic heterocycles. The number of ether oxygens (including phenoxy) is 1. The normalized spacial score (nSPS) is 20.2. The summed E-state index contributed by atoms with van der Waals surface area (Å²) in [7, 11) is 5.51. The van der Waals surface area contributed by atoms with Crippen LogP contribution in [0.25, 0.3) is 0 Å². The number of benzene rings is 1. The van der Waals surface area contributed by atoms with Gasteiger partial charge in [0.1, 0.15) is 0 Å². The lowest BCUT2D eigenvalue weighted by Crippen LogP contribution is -2.49. The lowest BCUT2D eigenvalue weighted by Gasteiger charge is -2.37. The first-order valence-corrected chi connectivity index (χ1v) is 8.79. The van der Waals surface area contributed by atoms with E-state index in [1.807, 2.05) is 55.1 Å². The predicted octanol–water partition coefficient (Wildman–Crippen LogP) is 1.76. The van der Waals surface area contributed by atoms with E-state index in [4.69, 9.17) is 4.74 Å². The number of hydrogen-bond acceptors (Lipinski definition) is 4. The van der Waals surface area contributed by atoms with E-state index < -0.39 is 0 Å². The number of hydrogen-bond donors (Lipinski definition) is 1. The van der Waals surface area contributed by atoms with Gasteiger partial charge in [0, 0.05) is 51.6 Å². The van der Waals surface area contributed by atoms with Crippen molar-refractivity contribution >= 4 is 17.5 Å². The van der Waals surface area contributed by atoms with Gasteiger partial charge < -0.3 is 19.9 Å². The van der Waals surface area contributed by atoms with Crippen LogP contribution in [-0.2, 0) is 9.53 Å². The average Bonchev–Trinajstić information content (AvgIpc) is 2.61. The highest BCUT2D eigenvalue weighted by Gasteiger charge is 2.33. The van der Waals surface area contributed by atoms with Crippen molar-refractivity contribution < 1.29 is 14.3 Å². The molecule has 0 bridgehead atoms. The minimum absolute atomic E-state index is 0.00351. The highest BCUT2D eigenvalue weighted by atomic mass is 16.5. The third kappa shape index (κ3) is 4.95. The fraction of sp³-hybridized carbons (Fsp3) is 0.579. The Morgan fingerprint density at radius 1 is 1.32 bits per heavy atom. The van der Waals surface area contributed by atoms with Crippen LogP contribution in [-0.4, -0.2) is 63.7 Å². The van der Waals surface area contributed by atoms with Crippen molar-refractivity contribution in [3.63, 3.8) is 0 Å². The first-order chi connectivity index (χ1) is 11.9. The summed E-state index contributed by atoms with van der Waals surface area (Å²) in [5, 5.41) is 2.88. The first-order valence-electron chi connectivity index (χ1n) is 8.79. The number of likely N-dealkylation sites (tertiary alicyclic amines) is 1. The summed E-state index contributed by atoms with van der Waals surface area (Å²) in [5.41, 5.74) is 1.66. The van der Waals surface area contributed by atoms with E-state index in [1.165, 1.54) is 0 Å². The summed E-state index contributed by atoms with van der Waals surface area (Å²) in [6, 6.07) is 7.74. The molecule has 6 nitrogen and oxygen atoms in total. The molecule has 0 saturated carbocycles. The molecule has 2 amide bonds. The van der Waals surface area contributed by atoms with Gasteiger partial charge in [-0.05, 0) is 38.0 Å². The summed E-state index contributed by atoms with van der Waals surface area (Å²) in [6.07, 6.45) is 1.64. The molecule has 1 heterocycles. The number of nitrogens with one attached hydrogen (secondary N) is 1. The second-order valence-electron chi connectivity index (χ2n) is 6.81. The number of carbonyl (C=O) groups is 2. The SMILES string of the molecule is COCCNC(=O)C1CCC(C)N(C(=O)c2cccc(N(C)C)c2)C1. The third-order valence-corrected chi connectivity index (χ3v) is 4.73. The Labute approximate surface area is 150 Å². The van der Waals surface area contributed by atoms with Crippen LogP contribution in [0.5, 0.6) is 0 Å². The summed E-state index contributed by atoms with van der Waals surface area (Å²) in [4.78, 5) is 29.1. The van der Waals surface area contributed by atoms with E-state index in [0.29, 0.717) is 25.3 Å². The van der Waals surface area contributed by atoms with Crippen LogP contribution in [0.4, 0.5) is 5.69 Å². The van der Waals surface area contributed by atoms with Crippen LogP contribution in [0.1, 0.15) is 30.1 Å². The van der Waals surface area contributed by atoms with Gasteiger partial charge in [0.25, 0.3) is 5.91 Å². The number of amides is 2. The topological polar surface area (TPSA) is 61.9 Å². The fourth-order valence-electron chi connectivity index (χ4n) is 3.11. The monoisotopic (exact) mass is 347 g/mol. The molecule has 0 spiro atoms. The molecule has 1 N–H and O–H groups in total. The summed E-state index contributed by atoms with van der Waals surface area (Å²) in [6.45, 7) is 3.51. The smallest absolute Gasteiger partial charge is 0.254 e. The molecule has 1 fully saturated rings. The standard InChI is InChI=1S/C19H29N3O3/c1-14-8-9-16(18(23)20-10-11-25-4)13-22(14)19(24)15-6-5-7-17(12-15)21(2)3/h5-7,12,14,16H,8-11,13H2,1-4H3,(H,20,23). The Hall–Kier alpha value is -2.08. The van der Waals surface area contributed by atoms with Crippen molar-refractivity contribution in [2.24, 2.45) is 5.92 Å². The summed E-state index contributed by atoms with van der Waals surface area (Å²) < 4.78 is 4.96. The van der Waals surface area contributed by atoms with Crippen LogP contribution >= 0.6 is 0 Å². The van der Waals surface area contributed by atoms with Gasteiger partial charge in [-0.25, -0.2) is 0 Å². The van der Waals surface area contributed by atoms with Gasteiger partial charge in [0.2, 0.25) is 5.91 Å². The van der Waals surface area contributed by atoms with Gasteiger partial charge in [-0.1, -0.05) is 6.07 Å². The first kappa shape index (κ1) is 19.2. The van der Waals surface area contributed by atoms with Crippen LogP contribution in [0.3, 0.4) is 0 Å². The molecule has 1 aliphatic rings. The van der Waals surface area contributed by atoms with Crippen molar-refractivity contribution in [3.8, 4) is 0 Å².